The number of carbonyl (C=O) groups is 1. The van der Waals surface area contributed by atoms with Crippen molar-refractivity contribution in [2.24, 2.45) is 5.73 Å². The lowest BCUT2D eigenvalue weighted by Gasteiger charge is -2.06. The topological polar surface area (TPSA) is 95.6 Å². The fraction of sp³-hybridized carbons (Fsp3) is 0.222. The number of carbonyl (C=O) groups excluding carboxylic acids is 1. The van der Waals surface area contributed by atoms with Crippen LogP contribution in [0.5, 0.6) is 5.75 Å². The van der Waals surface area contributed by atoms with Crippen LogP contribution in [0.3, 0.4) is 0 Å². The van der Waals surface area contributed by atoms with E-state index in [1.807, 2.05) is 0 Å². The number of hydrogen-bond acceptors (Lipinski definition) is 3. The predicted octanol–water partition coefficient (Wildman–Crippen LogP) is 0.0528. The average Bonchev–Trinajstić information content (AvgIpc) is 2.15. The van der Waals surface area contributed by atoms with Gasteiger partial charge < -0.3 is 21.3 Å². The van der Waals surface area contributed by atoms with E-state index in [-0.39, 0.29) is 18.9 Å². The molecule has 14 heavy (non-hydrogen) atoms. The molecule has 0 saturated carbocycles. The number of primary amides is 1. The zero-order chi connectivity index (χ0) is 10.6. The first-order valence-electron chi connectivity index (χ1n) is 4.08. The molecule has 0 aliphatic heterocycles. The molecule has 5 heteroatoms. The number of urea groups is 1. The molecule has 5 nitrogen and oxygen atoms in total. The second kappa shape index (κ2) is 4.48. The highest BCUT2D eigenvalue weighted by Gasteiger charge is 2.02. The van der Waals surface area contributed by atoms with Gasteiger partial charge in [-0.2, -0.15) is 0 Å². The summed E-state index contributed by atoms with van der Waals surface area (Å²) in [6, 6.07) is 4.09. The summed E-state index contributed by atoms with van der Waals surface area (Å²) in [5.41, 5.74) is 6.05. The Morgan fingerprint density at radius 3 is 2.71 bits per heavy atom. The Bertz CT molecular complexity index is 339. The second-order valence-corrected chi connectivity index (χ2v) is 2.84. The molecule has 0 fully saturated rings. The molecule has 5 N–H and O–H groups in total. The van der Waals surface area contributed by atoms with Crippen LogP contribution in [0.1, 0.15) is 11.1 Å². The number of amides is 2. The van der Waals surface area contributed by atoms with Gasteiger partial charge in [0.1, 0.15) is 5.75 Å². The Kier molecular flexibility index (Phi) is 3.30. The van der Waals surface area contributed by atoms with E-state index in [9.17, 15) is 9.90 Å². The number of hydrogen-bond donors (Lipinski definition) is 4. The van der Waals surface area contributed by atoms with Gasteiger partial charge in [-0.1, -0.05) is 12.1 Å². The first kappa shape index (κ1) is 10.3. The van der Waals surface area contributed by atoms with Crippen molar-refractivity contribution in [3.8, 4) is 5.75 Å². The summed E-state index contributed by atoms with van der Waals surface area (Å²) in [5.74, 6) is 0.0327. The molecule has 0 saturated heterocycles. The maximum absolute atomic E-state index is 10.4. The van der Waals surface area contributed by atoms with Crippen molar-refractivity contribution in [3.05, 3.63) is 29.3 Å². The van der Waals surface area contributed by atoms with Crippen LogP contribution in [0.15, 0.2) is 18.2 Å². The van der Waals surface area contributed by atoms with Crippen LogP contribution in [0.4, 0.5) is 4.79 Å². The SMILES string of the molecule is NC(=O)NCc1ccc(CO)cc1O. The number of nitrogens with one attached hydrogen (secondary N) is 1. The maximum Gasteiger partial charge on any atom is 0.312 e. The van der Waals surface area contributed by atoms with E-state index < -0.39 is 6.03 Å². The Morgan fingerprint density at radius 1 is 1.50 bits per heavy atom. The third kappa shape index (κ3) is 2.63. The molecular formula is C9H12N2O3. The third-order valence-electron chi connectivity index (χ3n) is 1.79. The fourth-order valence-electron chi connectivity index (χ4n) is 1.04. The number of aromatic hydroxyl groups is 1. The van der Waals surface area contributed by atoms with E-state index in [1.165, 1.54) is 6.07 Å². The average molecular weight is 196 g/mol. The lowest BCUT2D eigenvalue weighted by molar-refractivity contribution is 0.248. The van der Waals surface area contributed by atoms with E-state index in [2.05, 4.69) is 5.32 Å². The van der Waals surface area contributed by atoms with Crippen LogP contribution in [-0.2, 0) is 13.2 Å². The van der Waals surface area contributed by atoms with E-state index in [4.69, 9.17) is 10.8 Å². The quantitative estimate of drug-likeness (QED) is 0.550. The van der Waals surface area contributed by atoms with Crippen LogP contribution in [-0.4, -0.2) is 16.2 Å². The summed E-state index contributed by atoms with van der Waals surface area (Å²) in [4.78, 5) is 10.4. The number of phenolic OH excluding ortho intramolecular Hbond substituents is 1. The zero-order valence-electron chi connectivity index (χ0n) is 7.53. The summed E-state index contributed by atoms with van der Waals surface area (Å²) in [7, 11) is 0. The van der Waals surface area contributed by atoms with Crippen LogP contribution in [0.25, 0.3) is 0 Å². The molecule has 1 rings (SSSR count). The minimum absolute atomic E-state index is 0.0327. The smallest absolute Gasteiger partial charge is 0.312 e. The molecule has 0 unspecified atom stereocenters. The Labute approximate surface area is 81.2 Å². The van der Waals surface area contributed by atoms with Crippen molar-refractivity contribution >= 4 is 6.03 Å². The Morgan fingerprint density at radius 2 is 2.21 bits per heavy atom. The van der Waals surface area contributed by atoms with Gasteiger partial charge in [0, 0.05) is 12.1 Å². The summed E-state index contributed by atoms with van der Waals surface area (Å²) >= 11 is 0. The standard InChI is InChI=1S/C9H12N2O3/c10-9(14)11-4-7-2-1-6(5-12)3-8(7)13/h1-3,12-13H,4-5H2,(H3,10,11,14). The van der Waals surface area contributed by atoms with E-state index in [1.54, 1.807) is 12.1 Å². The lowest BCUT2D eigenvalue weighted by atomic mass is 10.1. The van der Waals surface area contributed by atoms with Crippen LogP contribution >= 0.6 is 0 Å². The summed E-state index contributed by atoms with van der Waals surface area (Å²) in [6.07, 6.45) is 0. The first-order chi connectivity index (χ1) is 6.63. The van der Waals surface area contributed by atoms with Crippen LogP contribution in [0, 0.1) is 0 Å². The summed E-state index contributed by atoms with van der Waals surface area (Å²) < 4.78 is 0. The van der Waals surface area contributed by atoms with Gasteiger partial charge in [-0.05, 0) is 11.6 Å². The minimum Gasteiger partial charge on any atom is -0.508 e. The highest BCUT2D eigenvalue weighted by Crippen LogP contribution is 2.18. The molecule has 1 aromatic rings. The molecule has 2 amide bonds. The monoisotopic (exact) mass is 196 g/mol. The van der Waals surface area contributed by atoms with E-state index >= 15 is 0 Å². The second-order valence-electron chi connectivity index (χ2n) is 2.84. The van der Waals surface area contributed by atoms with Gasteiger partial charge in [0.05, 0.1) is 6.61 Å². The minimum atomic E-state index is -0.643. The molecule has 0 aromatic heterocycles. The van der Waals surface area contributed by atoms with E-state index in [0.717, 1.165) is 0 Å². The number of benzene rings is 1. The number of phenols is 1. The molecule has 0 spiro atoms. The first-order valence-corrected chi connectivity index (χ1v) is 4.08. The predicted molar refractivity (Wildman–Crippen MR) is 50.5 cm³/mol. The highest BCUT2D eigenvalue weighted by atomic mass is 16.3. The Hall–Kier alpha value is -1.75. The number of aliphatic hydroxyl groups excluding tert-OH is 1. The van der Waals surface area contributed by atoms with Crippen molar-refractivity contribution < 1.29 is 15.0 Å². The summed E-state index contributed by atoms with van der Waals surface area (Å²) in [5, 5.41) is 20.6. The molecular weight excluding hydrogens is 184 g/mol. The molecule has 0 atom stereocenters. The van der Waals surface area contributed by atoms with Gasteiger partial charge in [-0.15, -0.1) is 0 Å². The van der Waals surface area contributed by atoms with Gasteiger partial charge in [0.15, 0.2) is 0 Å². The maximum atomic E-state index is 10.4. The molecule has 76 valence electrons. The van der Waals surface area contributed by atoms with Gasteiger partial charge in [0.25, 0.3) is 0 Å². The number of nitrogens with two attached hydrogens (primary N) is 1. The number of aliphatic hydroxyl groups is 1. The highest BCUT2D eigenvalue weighted by molar-refractivity contribution is 5.71. The van der Waals surface area contributed by atoms with Crippen molar-refractivity contribution in [2.75, 3.05) is 0 Å². The van der Waals surface area contributed by atoms with Gasteiger partial charge in [-0.25, -0.2) is 4.79 Å². The van der Waals surface area contributed by atoms with Crippen LogP contribution in [0.2, 0.25) is 0 Å². The normalized spacial score (nSPS) is 9.79. The van der Waals surface area contributed by atoms with Gasteiger partial charge in [0.2, 0.25) is 0 Å². The third-order valence-corrected chi connectivity index (χ3v) is 1.79. The lowest BCUT2D eigenvalue weighted by Crippen LogP contribution is -2.28. The molecule has 0 heterocycles. The Balaban J connectivity index is 2.73. The van der Waals surface area contributed by atoms with Crippen molar-refractivity contribution in [1.29, 1.82) is 0 Å². The summed E-state index contributed by atoms with van der Waals surface area (Å²) in [6.45, 7) is 0.0456. The van der Waals surface area contributed by atoms with Crippen molar-refractivity contribution in [3.63, 3.8) is 0 Å². The fourth-order valence-corrected chi connectivity index (χ4v) is 1.04. The van der Waals surface area contributed by atoms with Gasteiger partial charge in [-0.3, -0.25) is 0 Å². The largest absolute Gasteiger partial charge is 0.508 e. The van der Waals surface area contributed by atoms with Crippen molar-refractivity contribution in [2.45, 2.75) is 13.2 Å². The van der Waals surface area contributed by atoms with Gasteiger partial charge >= 0.3 is 6.03 Å². The molecule has 0 aliphatic rings. The molecule has 0 aliphatic carbocycles. The molecule has 0 radical (unpaired) electrons. The number of rotatable bonds is 3. The molecule has 1 aromatic carbocycles. The van der Waals surface area contributed by atoms with Crippen molar-refractivity contribution in [1.82, 2.24) is 5.32 Å². The zero-order valence-corrected chi connectivity index (χ0v) is 7.53. The molecule has 0 bridgehead atoms. The van der Waals surface area contributed by atoms with E-state index in [0.29, 0.717) is 11.1 Å². The van der Waals surface area contributed by atoms with Crippen LogP contribution < -0.4 is 11.1 Å².